The van der Waals surface area contributed by atoms with Crippen molar-refractivity contribution in [2.45, 2.75) is 25.2 Å². The third-order valence-electron chi connectivity index (χ3n) is 3.94. The van der Waals surface area contributed by atoms with Crippen LogP contribution < -0.4 is 10.6 Å². The van der Waals surface area contributed by atoms with Crippen molar-refractivity contribution < 1.29 is 13.2 Å². The van der Waals surface area contributed by atoms with Crippen molar-refractivity contribution in [3.05, 3.63) is 48.2 Å². The Morgan fingerprint density at radius 2 is 1.78 bits per heavy atom. The first kappa shape index (κ1) is 20.9. The molecule has 0 saturated heterocycles. The Morgan fingerprint density at radius 1 is 1.11 bits per heavy atom. The molecule has 0 bridgehead atoms. The van der Waals surface area contributed by atoms with Crippen molar-refractivity contribution in [2.75, 3.05) is 31.3 Å². The van der Waals surface area contributed by atoms with Crippen molar-refractivity contribution >= 4 is 27.4 Å². The van der Waals surface area contributed by atoms with Crippen molar-refractivity contribution in [1.29, 1.82) is 0 Å². The molecule has 2 N–H and O–H groups in total. The van der Waals surface area contributed by atoms with Crippen LogP contribution in [0.5, 0.6) is 0 Å². The van der Waals surface area contributed by atoms with Gasteiger partial charge in [-0.1, -0.05) is 13.8 Å². The highest BCUT2D eigenvalue weighted by atomic mass is 32.2. The molecule has 0 aliphatic heterocycles. The molecule has 0 radical (unpaired) electrons. The number of benzene rings is 1. The van der Waals surface area contributed by atoms with Crippen LogP contribution >= 0.6 is 0 Å². The summed E-state index contributed by atoms with van der Waals surface area (Å²) in [4.78, 5) is 16.7. The van der Waals surface area contributed by atoms with Gasteiger partial charge in [0.1, 0.15) is 5.82 Å². The van der Waals surface area contributed by atoms with E-state index >= 15 is 0 Å². The van der Waals surface area contributed by atoms with Crippen LogP contribution in [0.2, 0.25) is 0 Å². The summed E-state index contributed by atoms with van der Waals surface area (Å²) >= 11 is 0. The Kier molecular flexibility index (Phi) is 6.92. The molecule has 0 aliphatic carbocycles. The zero-order valence-corrected chi connectivity index (χ0v) is 16.9. The van der Waals surface area contributed by atoms with Gasteiger partial charge in [-0.15, -0.1) is 0 Å². The second-order valence-electron chi connectivity index (χ2n) is 6.81. The summed E-state index contributed by atoms with van der Waals surface area (Å²) in [5, 5.41) is 5.98. The van der Waals surface area contributed by atoms with Crippen LogP contribution in [0.3, 0.4) is 0 Å². The summed E-state index contributed by atoms with van der Waals surface area (Å²) in [6.07, 6.45) is 2.64. The first-order chi connectivity index (χ1) is 12.7. The standard InChI is InChI=1S/C19H26N4O3S/c1-14(2)11-12-20-18-10-7-16(13-21-18)22-19(24)15-5-8-17(9-6-15)27(25,26)23(3)4/h5-10,13-14H,11-12H2,1-4H3,(H,20,21)(H,22,24). The van der Waals surface area contributed by atoms with Gasteiger partial charge in [-0.2, -0.15) is 0 Å². The lowest BCUT2D eigenvalue weighted by atomic mass is 10.1. The minimum atomic E-state index is -3.51. The largest absolute Gasteiger partial charge is 0.370 e. The van der Waals surface area contributed by atoms with E-state index in [-0.39, 0.29) is 10.8 Å². The van der Waals surface area contributed by atoms with Gasteiger partial charge in [-0.3, -0.25) is 4.79 Å². The first-order valence-electron chi connectivity index (χ1n) is 8.74. The molecule has 0 spiro atoms. The highest BCUT2D eigenvalue weighted by Crippen LogP contribution is 2.16. The lowest BCUT2D eigenvalue weighted by Crippen LogP contribution is -2.22. The Labute approximate surface area is 160 Å². The van der Waals surface area contributed by atoms with E-state index in [1.165, 1.54) is 38.4 Å². The number of hydrogen-bond acceptors (Lipinski definition) is 5. The van der Waals surface area contributed by atoms with Gasteiger partial charge in [0.25, 0.3) is 5.91 Å². The molecule has 7 nitrogen and oxygen atoms in total. The van der Waals surface area contributed by atoms with Gasteiger partial charge >= 0.3 is 0 Å². The molecule has 0 fully saturated rings. The number of nitrogens with one attached hydrogen (secondary N) is 2. The maximum atomic E-state index is 12.3. The Morgan fingerprint density at radius 3 is 2.30 bits per heavy atom. The molecule has 0 saturated carbocycles. The van der Waals surface area contributed by atoms with Gasteiger partial charge in [0, 0.05) is 26.2 Å². The predicted octanol–water partition coefficient (Wildman–Crippen LogP) is 3.04. The number of pyridine rings is 1. The fraction of sp³-hybridized carbons (Fsp3) is 0.368. The van der Waals surface area contributed by atoms with Crippen LogP contribution in [-0.4, -0.2) is 44.3 Å². The fourth-order valence-corrected chi connectivity index (χ4v) is 3.16. The summed E-state index contributed by atoms with van der Waals surface area (Å²) in [6.45, 7) is 5.17. The molecular formula is C19H26N4O3S. The fourth-order valence-electron chi connectivity index (χ4n) is 2.25. The van der Waals surface area contributed by atoms with Gasteiger partial charge in [0.15, 0.2) is 0 Å². The van der Waals surface area contributed by atoms with E-state index in [9.17, 15) is 13.2 Å². The van der Waals surface area contributed by atoms with Gasteiger partial charge in [-0.05, 0) is 48.7 Å². The third kappa shape index (κ3) is 5.77. The molecule has 8 heteroatoms. The van der Waals surface area contributed by atoms with Crippen molar-refractivity contribution in [2.24, 2.45) is 5.92 Å². The van der Waals surface area contributed by atoms with E-state index in [1.54, 1.807) is 12.3 Å². The molecule has 2 rings (SSSR count). The average Bonchev–Trinajstić information content (AvgIpc) is 2.63. The van der Waals surface area contributed by atoms with E-state index in [4.69, 9.17) is 0 Å². The number of amides is 1. The quantitative estimate of drug-likeness (QED) is 0.723. The van der Waals surface area contributed by atoms with Crippen LogP contribution in [-0.2, 0) is 10.0 Å². The molecule has 1 aromatic carbocycles. The maximum absolute atomic E-state index is 12.3. The molecule has 0 unspecified atom stereocenters. The highest BCUT2D eigenvalue weighted by molar-refractivity contribution is 7.89. The van der Waals surface area contributed by atoms with E-state index in [1.807, 2.05) is 6.07 Å². The number of carbonyl (C=O) groups excluding carboxylic acids is 1. The van der Waals surface area contributed by atoms with Gasteiger partial charge in [0.05, 0.1) is 16.8 Å². The third-order valence-corrected chi connectivity index (χ3v) is 5.77. The van der Waals surface area contributed by atoms with Crippen molar-refractivity contribution in [1.82, 2.24) is 9.29 Å². The smallest absolute Gasteiger partial charge is 0.255 e. The maximum Gasteiger partial charge on any atom is 0.255 e. The van der Waals surface area contributed by atoms with Crippen molar-refractivity contribution in [3.63, 3.8) is 0 Å². The van der Waals surface area contributed by atoms with Crippen LogP contribution in [0.25, 0.3) is 0 Å². The number of carbonyl (C=O) groups is 1. The molecule has 2 aromatic rings. The molecule has 0 atom stereocenters. The normalized spacial score (nSPS) is 11.6. The number of nitrogens with zero attached hydrogens (tertiary/aromatic N) is 2. The molecule has 1 amide bonds. The number of rotatable bonds is 8. The van der Waals surface area contributed by atoms with Gasteiger partial charge in [0.2, 0.25) is 10.0 Å². The molecule has 1 aromatic heterocycles. The van der Waals surface area contributed by atoms with E-state index in [0.717, 1.165) is 23.1 Å². The minimum absolute atomic E-state index is 0.141. The molecule has 0 aliphatic rings. The summed E-state index contributed by atoms with van der Waals surface area (Å²) in [6, 6.07) is 9.40. The molecular weight excluding hydrogens is 364 g/mol. The van der Waals surface area contributed by atoms with E-state index in [2.05, 4.69) is 29.5 Å². The topological polar surface area (TPSA) is 91.4 Å². The van der Waals surface area contributed by atoms with E-state index < -0.39 is 10.0 Å². The second-order valence-corrected chi connectivity index (χ2v) is 8.96. The Hall–Kier alpha value is -2.45. The number of hydrogen-bond donors (Lipinski definition) is 2. The Bertz CT molecular complexity index is 861. The lowest BCUT2D eigenvalue weighted by Gasteiger charge is -2.12. The summed E-state index contributed by atoms with van der Waals surface area (Å²) in [5.41, 5.74) is 0.936. The summed E-state index contributed by atoms with van der Waals surface area (Å²) in [5.74, 6) is 1.05. The number of sulfonamides is 1. The number of anilines is 2. The highest BCUT2D eigenvalue weighted by Gasteiger charge is 2.17. The zero-order chi connectivity index (χ0) is 20.0. The zero-order valence-electron chi connectivity index (χ0n) is 16.1. The monoisotopic (exact) mass is 390 g/mol. The van der Waals surface area contributed by atoms with Gasteiger partial charge in [-0.25, -0.2) is 17.7 Å². The molecule has 27 heavy (non-hydrogen) atoms. The van der Waals surface area contributed by atoms with Crippen LogP contribution in [0, 0.1) is 5.92 Å². The van der Waals surface area contributed by atoms with Crippen LogP contribution in [0.4, 0.5) is 11.5 Å². The van der Waals surface area contributed by atoms with Gasteiger partial charge < -0.3 is 10.6 Å². The summed E-state index contributed by atoms with van der Waals surface area (Å²) in [7, 11) is -0.586. The lowest BCUT2D eigenvalue weighted by molar-refractivity contribution is 0.102. The molecule has 1 heterocycles. The van der Waals surface area contributed by atoms with Crippen LogP contribution in [0.15, 0.2) is 47.5 Å². The predicted molar refractivity (Wildman–Crippen MR) is 107 cm³/mol. The molecule has 146 valence electrons. The number of aromatic nitrogens is 1. The SMILES string of the molecule is CC(C)CCNc1ccc(NC(=O)c2ccc(S(=O)(=O)N(C)C)cc2)cn1. The van der Waals surface area contributed by atoms with Crippen molar-refractivity contribution in [3.8, 4) is 0 Å². The van der Waals surface area contributed by atoms with E-state index in [0.29, 0.717) is 17.2 Å². The first-order valence-corrected chi connectivity index (χ1v) is 10.2. The summed E-state index contributed by atoms with van der Waals surface area (Å²) < 4.78 is 25.2. The second kappa shape index (κ2) is 8.96. The minimum Gasteiger partial charge on any atom is -0.370 e. The average molecular weight is 391 g/mol. The Balaban J connectivity index is 1.99. The van der Waals surface area contributed by atoms with Crippen LogP contribution in [0.1, 0.15) is 30.6 Å².